The Morgan fingerprint density at radius 3 is 3.12 bits per heavy atom. The highest BCUT2D eigenvalue weighted by Gasteiger charge is 2.31. The summed E-state index contributed by atoms with van der Waals surface area (Å²) in [6.45, 7) is 3.35. The Hall–Kier alpha value is -0.980. The molecule has 2 heterocycles. The van der Waals surface area contributed by atoms with Crippen LogP contribution in [0, 0.1) is 12.8 Å². The molecule has 6 heteroatoms. The maximum absolute atomic E-state index is 11.7. The zero-order valence-corrected chi connectivity index (χ0v) is 9.92. The quantitative estimate of drug-likeness (QED) is 0.783. The van der Waals surface area contributed by atoms with Crippen molar-refractivity contribution in [2.45, 2.75) is 19.5 Å². The van der Waals surface area contributed by atoms with Gasteiger partial charge in [0, 0.05) is 17.1 Å². The number of hydrogen-bond acceptors (Lipinski definition) is 5. The third-order valence-corrected chi connectivity index (χ3v) is 3.46. The van der Waals surface area contributed by atoms with Gasteiger partial charge in [-0.05, 0) is 6.92 Å². The predicted octanol–water partition coefficient (Wildman–Crippen LogP) is 0.0414. The number of aromatic nitrogens is 1. The van der Waals surface area contributed by atoms with Crippen LogP contribution in [0.1, 0.15) is 9.88 Å². The SMILES string of the molecule is Cc1cnc(CNC(=O)C2COCC2N)s1. The standard InChI is InChI=1S/C10H15N3O2S/c1-6-2-12-9(16-6)3-13-10(14)7-4-15-5-8(7)11/h2,7-8H,3-5,11H2,1H3,(H,13,14). The van der Waals surface area contributed by atoms with Crippen molar-refractivity contribution in [3.05, 3.63) is 16.1 Å². The second-order valence-corrected chi connectivity index (χ2v) is 5.21. The minimum Gasteiger partial charge on any atom is -0.379 e. The first-order valence-corrected chi connectivity index (χ1v) is 6.01. The Labute approximate surface area is 98.0 Å². The molecule has 2 atom stereocenters. The Kier molecular flexibility index (Phi) is 3.52. The molecule has 2 unspecified atom stereocenters. The highest BCUT2D eigenvalue weighted by atomic mass is 32.1. The fourth-order valence-electron chi connectivity index (χ4n) is 1.62. The van der Waals surface area contributed by atoms with Gasteiger partial charge in [-0.2, -0.15) is 0 Å². The number of rotatable bonds is 3. The number of nitrogens with zero attached hydrogens (tertiary/aromatic N) is 1. The molecule has 3 N–H and O–H groups in total. The van der Waals surface area contributed by atoms with Crippen molar-refractivity contribution in [2.75, 3.05) is 13.2 Å². The van der Waals surface area contributed by atoms with Gasteiger partial charge < -0.3 is 15.8 Å². The van der Waals surface area contributed by atoms with Crippen molar-refractivity contribution in [1.29, 1.82) is 0 Å². The normalized spacial score (nSPS) is 24.6. The molecule has 0 saturated carbocycles. The van der Waals surface area contributed by atoms with Crippen LogP contribution in [0.2, 0.25) is 0 Å². The zero-order valence-electron chi connectivity index (χ0n) is 9.10. The summed E-state index contributed by atoms with van der Waals surface area (Å²) in [4.78, 5) is 17.1. The molecule has 88 valence electrons. The summed E-state index contributed by atoms with van der Waals surface area (Å²) in [6.07, 6.45) is 1.80. The molecule has 0 bridgehead atoms. The first-order chi connectivity index (χ1) is 7.66. The molecule has 2 rings (SSSR count). The third-order valence-electron chi connectivity index (χ3n) is 2.54. The summed E-state index contributed by atoms with van der Waals surface area (Å²) in [7, 11) is 0. The Morgan fingerprint density at radius 2 is 2.56 bits per heavy atom. The van der Waals surface area contributed by atoms with Crippen LogP contribution in [0.4, 0.5) is 0 Å². The van der Waals surface area contributed by atoms with Gasteiger partial charge in [-0.15, -0.1) is 11.3 Å². The molecule has 1 fully saturated rings. The highest BCUT2D eigenvalue weighted by Crippen LogP contribution is 2.13. The van der Waals surface area contributed by atoms with E-state index in [1.54, 1.807) is 17.5 Å². The van der Waals surface area contributed by atoms with Crippen molar-refractivity contribution in [3.8, 4) is 0 Å². The van der Waals surface area contributed by atoms with E-state index < -0.39 is 0 Å². The smallest absolute Gasteiger partial charge is 0.227 e. The molecule has 1 aromatic rings. The summed E-state index contributed by atoms with van der Waals surface area (Å²) in [6, 6.07) is -0.182. The van der Waals surface area contributed by atoms with Gasteiger partial charge >= 0.3 is 0 Å². The average molecular weight is 241 g/mol. The van der Waals surface area contributed by atoms with Crippen LogP contribution in [0.25, 0.3) is 0 Å². The summed E-state index contributed by atoms with van der Waals surface area (Å²) < 4.78 is 5.15. The highest BCUT2D eigenvalue weighted by molar-refractivity contribution is 7.11. The molecule has 1 saturated heterocycles. The lowest BCUT2D eigenvalue weighted by Crippen LogP contribution is -2.40. The molecule has 1 aliphatic rings. The lowest BCUT2D eigenvalue weighted by molar-refractivity contribution is -0.125. The van der Waals surface area contributed by atoms with Crippen LogP contribution in [0.3, 0.4) is 0 Å². The van der Waals surface area contributed by atoms with Crippen molar-refractivity contribution < 1.29 is 9.53 Å². The van der Waals surface area contributed by atoms with Gasteiger partial charge in [0.15, 0.2) is 0 Å². The molecule has 1 aliphatic heterocycles. The monoisotopic (exact) mass is 241 g/mol. The maximum Gasteiger partial charge on any atom is 0.227 e. The lowest BCUT2D eigenvalue weighted by atomic mass is 10.0. The van der Waals surface area contributed by atoms with Crippen LogP contribution in [0.15, 0.2) is 6.20 Å². The largest absolute Gasteiger partial charge is 0.379 e. The number of nitrogens with one attached hydrogen (secondary N) is 1. The number of amides is 1. The van der Waals surface area contributed by atoms with Crippen molar-refractivity contribution in [2.24, 2.45) is 11.7 Å². The van der Waals surface area contributed by atoms with E-state index in [1.165, 1.54) is 0 Å². The second kappa shape index (κ2) is 4.90. The van der Waals surface area contributed by atoms with Crippen LogP contribution in [-0.2, 0) is 16.1 Å². The van der Waals surface area contributed by atoms with E-state index in [0.29, 0.717) is 19.8 Å². The summed E-state index contributed by atoms with van der Waals surface area (Å²) in [5.41, 5.74) is 5.75. The molecule has 0 spiro atoms. The molecular formula is C10H15N3O2S. The first kappa shape index (κ1) is 11.5. The molecule has 0 aliphatic carbocycles. The number of thiazole rings is 1. The fraction of sp³-hybridized carbons (Fsp3) is 0.600. The zero-order chi connectivity index (χ0) is 11.5. The van der Waals surface area contributed by atoms with Gasteiger partial charge in [-0.25, -0.2) is 4.98 Å². The molecule has 0 aromatic carbocycles. The van der Waals surface area contributed by atoms with Crippen molar-refractivity contribution in [3.63, 3.8) is 0 Å². The molecule has 0 radical (unpaired) electrons. The predicted molar refractivity (Wildman–Crippen MR) is 61.0 cm³/mol. The number of nitrogens with two attached hydrogens (primary N) is 1. The number of ether oxygens (including phenoxy) is 1. The van der Waals surface area contributed by atoms with Gasteiger partial charge in [-0.1, -0.05) is 0 Å². The van der Waals surface area contributed by atoms with Gasteiger partial charge in [0.1, 0.15) is 5.01 Å². The Morgan fingerprint density at radius 1 is 1.75 bits per heavy atom. The summed E-state index contributed by atoms with van der Waals surface area (Å²) in [5, 5.41) is 3.75. The second-order valence-electron chi connectivity index (χ2n) is 3.89. The first-order valence-electron chi connectivity index (χ1n) is 5.19. The Balaban J connectivity index is 1.83. The maximum atomic E-state index is 11.7. The van der Waals surface area contributed by atoms with Crippen LogP contribution in [0.5, 0.6) is 0 Å². The molecule has 1 amide bonds. The number of carbonyl (C=O) groups excluding carboxylic acids is 1. The number of carbonyl (C=O) groups is 1. The molecule has 1 aromatic heterocycles. The lowest BCUT2D eigenvalue weighted by Gasteiger charge is -2.12. The van der Waals surface area contributed by atoms with E-state index in [1.807, 2.05) is 6.92 Å². The Bertz CT molecular complexity index is 380. The minimum atomic E-state index is -0.221. The number of aryl methyl sites for hydroxylation is 1. The van der Waals surface area contributed by atoms with Crippen LogP contribution in [-0.4, -0.2) is 30.1 Å². The van der Waals surface area contributed by atoms with Crippen molar-refractivity contribution in [1.82, 2.24) is 10.3 Å². The van der Waals surface area contributed by atoms with E-state index in [9.17, 15) is 4.79 Å². The third kappa shape index (κ3) is 2.58. The molecule has 5 nitrogen and oxygen atoms in total. The molecule has 16 heavy (non-hydrogen) atoms. The molecular weight excluding hydrogens is 226 g/mol. The van der Waals surface area contributed by atoms with Crippen LogP contribution < -0.4 is 11.1 Å². The van der Waals surface area contributed by atoms with Gasteiger partial charge in [0.05, 0.1) is 25.7 Å². The van der Waals surface area contributed by atoms with Gasteiger partial charge in [-0.3, -0.25) is 4.79 Å². The summed E-state index contributed by atoms with van der Waals surface area (Å²) >= 11 is 1.58. The van der Waals surface area contributed by atoms with Crippen molar-refractivity contribution >= 4 is 17.2 Å². The van der Waals surface area contributed by atoms with E-state index in [2.05, 4.69) is 10.3 Å². The number of hydrogen-bond donors (Lipinski definition) is 2. The van der Waals surface area contributed by atoms with E-state index in [0.717, 1.165) is 9.88 Å². The van der Waals surface area contributed by atoms with E-state index in [-0.39, 0.29) is 17.9 Å². The van der Waals surface area contributed by atoms with E-state index >= 15 is 0 Å². The van der Waals surface area contributed by atoms with Gasteiger partial charge in [0.2, 0.25) is 5.91 Å². The van der Waals surface area contributed by atoms with Crippen LogP contribution >= 0.6 is 11.3 Å². The van der Waals surface area contributed by atoms with E-state index in [4.69, 9.17) is 10.5 Å². The average Bonchev–Trinajstić information content (AvgIpc) is 2.84. The summed E-state index contributed by atoms with van der Waals surface area (Å²) in [5.74, 6) is -0.265. The fourth-order valence-corrected chi connectivity index (χ4v) is 2.34. The van der Waals surface area contributed by atoms with Gasteiger partial charge in [0.25, 0.3) is 0 Å². The topological polar surface area (TPSA) is 77.2 Å². The minimum absolute atomic E-state index is 0.0437.